The van der Waals surface area contributed by atoms with Crippen LogP contribution in [0.25, 0.3) is 0 Å². The van der Waals surface area contributed by atoms with Gasteiger partial charge in [-0.1, -0.05) is 34.1 Å². The molecule has 1 atom stereocenters. The molecule has 0 fully saturated rings. The molecule has 106 valence electrons. The Morgan fingerprint density at radius 1 is 1.15 bits per heavy atom. The minimum absolute atomic E-state index is 0.168. The Bertz CT molecular complexity index is 699. The summed E-state index contributed by atoms with van der Waals surface area (Å²) >= 11 is 3.35. The van der Waals surface area contributed by atoms with E-state index >= 15 is 0 Å². The molecule has 20 heavy (non-hydrogen) atoms. The van der Waals surface area contributed by atoms with Crippen LogP contribution in [0.5, 0.6) is 0 Å². The van der Waals surface area contributed by atoms with Crippen LogP contribution in [0.15, 0.2) is 57.9 Å². The lowest BCUT2D eigenvalue weighted by atomic mass is 10.1. The number of nitrogens with two attached hydrogens (primary N) is 1. The average Bonchev–Trinajstić information content (AvgIpc) is 2.39. The molecule has 2 aromatic carbocycles. The molecule has 3 N–H and O–H groups in total. The van der Waals surface area contributed by atoms with Crippen LogP contribution >= 0.6 is 15.9 Å². The van der Waals surface area contributed by atoms with Gasteiger partial charge in [0.15, 0.2) is 0 Å². The van der Waals surface area contributed by atoms with Crippen molar-refractivity contribution in [1.29, 1.82) is 0 Å². The van der Waals surface area contributed by atoms with Crippen LogP contribution in [-0.2, 0) is 10.0 Å². The summed E-state index contributed by atoms with van der Waals surface area (Å²) in [6.45, 7) is 1.80. The van der Waals surface area contributed by atoms with Crippen molar-refractivity contribution in [3.8, 4) is 0 Å². The predicted molar refractivity (Wildman–Crippen MR) is 83.7 cm³/mol. The lowest BCUT2D eigenvalue weighted by molar-refractivity contribution is 0.567. The minimum Gasteiger partial charge on any atom is -0.399 e. The van der Waals surface area contributed by atoms with E-state index in [2.05, 4.69) is 20.7 Å². The van der Waals surface area contributed by atoms with Crippen molar-refractivity contribution in [3.63, 3.8) is 0 Å². The number of rotatable bonds is 4. The van der Waals surface area contributed by atoms with Crippen LogP contribution in [0, 0.1) is 0 Å². The molecule has 2 rings (SSSR count). The van der Waals surface area contributed by atoms with Crippen molar-refractivity contribution in [2.45, 2.75) is 17.9 Å². The standard InChI is InChI=1S/C14H15BrN2O2S/c1-10(11-5-7-12(15)8-6-11)17-20(18,19)14-4-2-3-13(16)9-14/h2-10,17H,16H2,1H3. The van der Waals surface area contributed by atoms with Gasteiger partial charge in [-0.2, -0.15) is 0 Å². The molecule has 0 bridgehead atoms. The fraction of sp³-hybridized carbons (Fsp3) is 0.143. The number of nitrogen functional groups attached to an aromatic ring is 1. The van der Waals surface area contributed by atoms with Crippen molar-refractivity contribution in [2.75, 3.05) is 5.73 Å². The first-order chi connectivity index (χ1) is 9.38. The van der Waals surface area contributed by atoms with Crippen LogP contribution in [-0.4, -0.2) is 8.42 Å². The van der Waals surface area contributed by atoms with Gasteiger partial charge in [-0.15, -0.1) is 0 Å². The van der Waals surface area contributed by atoms with Gasteiger partial charge in [0, 0.05) is 16.2 Å². The molecular weight excluding hydrogens is 340 g/mol. The first-order valence-electron chi connectivity index (χ1n) is 6.02. The summed E-state index contributed by atoms with van der Waals surface area (Å²) in [5, 5.41) is 0. The maximum Gasteiger partial charge on any atom is 0.241 e. The molecule has 0 aliphatic heterocycles. The van der Waals surface area contributed by atoms with E-state index < -0.39 is 10.0 Å². The SMILES string of the molecule is CC(NS(=O)(=O)c1cccc(N)c1)c1ccc(Br)cc1. The van der Waals surface area contributed by atoms with Gasteiger partial charge in [0.1, 0.15) is 0 Å². The van der Waals surface area contributed by atoms with Gasteiger partial charge in [-0.25, -0.2) is 13.1 Å². The molecule has 0 aliphatic rings. The van der Waals surface area contributed by atoms with Gasteiger partial charge in [0.25, 0.3) is 0 Å². The fourth-order valence-electron chi connectivity index (χ4n) is 1.80. The van der Waals surface area contributed by atoms with Crippen molar-refractivity contribution >= 4 is 31.6 Å². The summed E-state index contributed by atoms with van der Waals surface area (Å²) < 4.78 is 28.1. The smallest absolute Gasteiger partial charge is 0.241 e. The lowest BCUT2D eigenvalue weighted by Crippen LogP contribution is -2.26. The van der Waals surface area contributed by atoms with Crippen molar-refractivity contribution in [3.05, 3.63) is 58.6 Å². The molecule has 2 aromatic rings. The van der Waals surface area contributed by atoms with Gasteiger partial charge in [0.05, 0.1) is 4.90 Å². The Morgan fingerprint density at radius 3 is 2.40 bits per heavy atom. The number of nitrogens with one attached hydrogen (secondary N) is 1. The molecule has 0 spiro atoms. The number of hydrogen-bond donors (Lipinski definition) is 2. The second kappa shape index (κ2) is 5.95. The van der Waals surface area contributed by atoms with E-state index in [0.29, 0.717) is 5.69 Å². The van der Waals surface area contributed by atoms with E-state index in [1.54, 1.807) is 19.1 Å². The van der Waals surface area contributed by atoms with Gasteiger partial charge < -0.3 is 5.73 Å². The predicted octanol–water partition coefficient (Wildman–Crippen LogP) is 3.07. The third-order valence-corrected chi connectivity index (χ3v) is 4.94. The molecule has 6 heteroatoms. The molecule has 0 heterocycles. The molecule has 0 aromatic heterocycles. The van der Waals surface area contributed by atoms with Gasteiger partial charge in [0.2, 0.25) is 10.0 Å². The van der Waals surface area contributed by atoms with Crippen LogP contribution in [0.4, 0.5) is 5.69 Å². The van der Waals surface area contributed by atoms with Gasteiger partial charge in [-0.3, -0.25) is 0 Å². The first kappa shape index (κ1) is 15.0. The third kappa shape index (κ3) is 3.59. The number of benzene rings is 2. The molecule has 1 unspecified atom stereocenters. The summed E-state index contributed by atoms with van der Waals surface area (Å²) in [6.07, 6.45) is 0. The Balaban J connectivity index is 2.22. The highest BCUT2D eigenvalue weighted by molar-refractivity contribution is 9.10. The Hall–Kier alpha value is -1.37. The summed E-state index contributed by atoms with van der Waals surface area (Å²) in [4.78, 5) is 0.168. The topological polar surface area (TPSA) is 72.2 Å². The zero-order valence-corrected chi connectivity index (χ0v) is 13.3. The maximum atomic E-state index is 12.3. The van der Waals surface area contributed by atoms with Gasteiger partial charge >= 0.3 is 0 Å². The van der Waals surface area contributed by atoms with E-state index in [0.717, 1.165) is 10.0 Å². The Morgan fingerprint density at radius 2 is 1.80 bits per heavy atom. The molecule has 0 saturated carbocycles. The van der Waals surface area contributed by atoms with Crippen LogP contribution in [0.1, 0.15) is 18.5 Å². The highest BCUT2D eigenvalue weighted by Crippen LogP contribution is 2.20. The maximum absolute atomic E-state index is 12.3. The Labute approximate surface area is 127 Å². The number of sulfonamides is 1. The summed E-state index contributed by atoms with van der Waals surface area (Å²) in [5.74, 6) is 0. The van der Waals surface area contributed by atoms with Crippen LogP contribution < -0.4 is 10.5 Å². The summed E-state index contributed by atoms with van der Waals surface area (Å²) in [5.41, 5.74) is 6.93. The number of halogens is 1. The number of anilines is 1. The third-order valence-electron chi connectivity index (χ3n) is 2.87. The normalized spacial score (nSPS) is 13.1. The molecule has 0 saturated heterocycles. The second-order valence-electron chi connectivity index (χ2n) is 4.47. The zero-order chi connectivity index (χ0) is 14.8. The van der Waals surface area contributed by atoms with E-state index in [9.17, 15) is 8.42 Å². The van der Waals surface area contributed by atoms with E-state index in [1.807, 2.05) is 24.3 Å². The van der Waals surface area contributed by atoms with Crippen molar-refractivity contribution in [2.24, 2.45) is 0 Å². The number of hydrogen-bond acceptors (Lipinski definition) is 3. The van der Waals surface area contributed by atoms with E-state index in [4.69, 9.17) is 5.73 Å². The summed E-state index contributed by atoms with van der Waals surface area (Å²) in [6, 6.07) is 13.4. The molecular formula is C14H15BrN2O2S. The molecule has 0 aliphatic carbocycles. The molecule has 0 amide bonds. The highest BCUT2D eigenvalue weighted by atomic mass is 79.9. The molecule has 4 nitrogen and oxygen atoms in total. The van der Waals surface area contributed by atoms with Crippen molar-refractivity contribution in [1.82, 2.24) is 4.72 Å². The average molecular weight is 355 g/mol. The minimum atomic E-state index is -3.58. The lowest BCUT2D eigenvalue weighted by Gasteiger charge is -2.15. The first-order valence-corrected chi connectivity index (χ1v) is 8.29. The zero-order valence-electron chi connectivity index (χ0n) is 10.9. The monoisotopic (exact) mass is 354 g/mol. The highest BCUT2D eigenvalue weighted by Gasteiger charge is 2.18. The second-order valence-corrected chi connectivity index (χ2v) is 7.10. The summed E-state index contributed by atoms with van der Waals surface area (Å²) in [7, 11) is -3.58. The van der Waals surface area contributed by atoms with Crippen molar-refractivity contribution < 1.29 is 8.42 Å². The Kier molecular flexibility index (Phi) is 4.47. The van der Waals surface area contributed by atoms with Gasteiger partial charge in [-0.05, 0) is 42.8 Å². The van der Waals surface area contributed by atoms with Crippen LogP contribution in [0.3, 0.4) is 0 Å². The van der Waals surface area contributed by atoms with E-state index in [1.165, 1.54) is 12.1 Å². The van der Waals surface area contributed by atoms with Crippen LogP contribution in [0.2, 0.25) is 0 Å². The van der Waals surface area contributed by atoms with E-state index in [-0.39, 0.29) is 10.9 Å². The fourth-order valence-corrected chi connectivity index (χ4v) is 3.35. The molecule has 0 radical (unpaired) electrons. The quantitative estimate of drug-likeness (QED) is 0.828. The largest absolute Gasteiger partial charge is 0.399 e.